The third-order valence-corrected chi connectivity index (χ3v) is 20.0. The van der Waals surface area contributed by atoms with Crippen LogP contribution in [0.1, 0.15) is 138 Å². The number of hydrogen-bond acceptors (Lipinski definition) is 19. The molecule has 0 radical (unpaired) electrons. The molecule has 2 fully saturated rings. The fourth-order valence-electron chi connectivity index (χ4n) is 12.2. The van der Waals surface area contributed by atoms with Crippen molar-refractivity contribution in [3.8, 4) is 0 Å². The van der Waals surface area contributed by atoms with E-state index in [0.717, 1.165) is 11.8 Å². The quantitative estimate of drug-likeness (QED) is 0.0269. The van der Waals surface area contributed by atoms with Crippen LogP contribution in [0, 0.1) is 39.9 Å². The van der Waals surface area contributed by atoms with Gasteiger partial charge in [0.25, 0.3) is 0 Å². The topological polar surface area (TPSA) is 630 Å². The molecule has 27 N–H and O–H groups in total. The molecular weight excluding hydrogens is 1500 g/mol. The number of carbonyl (C=O) groups is 15. The van der Waals surface area contributed by atoms with Crippen LogP contribution in [0.4, 0.5) is 0 Å². The van der Waals surface area contributed by atoms with E-state index in [9.17, 15) is 67.4 Å². The Kier molecular flexibility index (Phi) is 40.5. The average molecular weight is 1620 g/mol. The predicted octanol–water partition coefficient (Wildman–Crippen LogP) is -4.27. The lowest BCUT2D eigenvalue weighted by Gasteiger charge is -2.33. The van der Waals surface area contributed by atoms with Gasteiger partial charge in [-0.25, -0.2) is 0 Å². The molecule has 2 saturated heterocycles. The van der Waals surface area contributed by atoms with Gasteiger partial charge < -0.3 is 113 Å². The summed E-state index contributed by atoms with van der Waals surface area (Å²) in [4.78, 5) is 217. The van der Waals surface area contributed by atoms with E-state index < -0.39 is 227 Å². The molecule has 2 aliphatic heterocycles. The maximum atomic E-state index is 15.2. The summed E-state index contributed by atoms with van der Waals surface area (Å²) in [5.41, 5.74) is 17.6. The zero-order valence-corrected chi connectivity index (χ0v) is 66.8. The summed E-state index contributed by atoms with van der Waals surface area (Å²) in [5.74, 6) is -20.0. The van der Waals surface area contributed by atoms with Crippen LogP contribution in [0.5, 0.6) is 0 Å². The first-order valence-electron chi connectivity index (χ1n) is 38.2. The average Bonchev–Trinajstić information content (AvgIpc) is 0.837. The first kappa shape index (κ1) is 95.0. The number of nitrogens with two attached hydrogens (primary N) is 3. The number of rotatable bonds is 24. The Balaban J connectivity index is 2.04. The van der Waals surface area contributed by atoms with Gasteiger partial charge in [0, 0.05) is 38.2 Å². The maximum Gasteiger partial charge on any atom is 0.305 e. The predicted molar refractivity (Wildman–Crippen MR) is 424 cm³/mol. The van der Waals surface area contributed by atoms with E-state index in [-0.39, 0.29) is 96.2 Å². The lowest BCUT2D eigenvalue weighted by Crippen LogP contribution is -2.65. The number of thioether (sulfide) groups is 1. The van der Waals surface area contributed by atoms with Crippen LogP contribution in [0.2, 0.25) is 0 Å². The normalized spacial score (nSPS) is 25.1. The van der Waals surface area contributed by atoms with E-state index in [1.165, 1.54) is 6.92 Å². The molecule has 4 rings (SSSR count). The zero-order valence-electron chi connectivity index (χ0n) is 66.0. The summed E-state index contributed by atoms with van der Waals surface area (Å²) in [6.45, 7) is 13.8. The highest BCUT2D eigenvalue weighted by molar-refractivity contribution is 8.00. The van der Waals surface area contributed by atoms with Gasteiger partial charge in [0.1, 0.15) is 72.5 Å². The number of benzene rings is 2. The number of carbonyl (C=O) groups excluding carboxylic acids is 14. The van der Waals surface area contributed by atoms with Gasteiger partial charge in [-0.15, -0.1) is 11.8 Å². The lowest BCUT2D eigenvalue weighted by atomic mass is 9.95. The number of carboxylic acid groups (broad SMARTS) is 1. The van der Waals surface area contributed by atoms with Crippen molar-refractivity contribution in [1.82, 2.24) is 90.4 Å². The Morgan fingerprint density at radius 1 is 0.526 bits per heavy atom. The molecule has 2 heterocycles. The second-order valence-corrected chi connectivity index (χ2v) is 30.2. The Labute approximate surface area is 667 Å². The van der Waals surface area contributed by atoms with Crippen LogP contribution in [0.15, 0.2) is 60.7 Å². The number of guanidine groups is 3. The molecule has 0 saturated carbocycles. The number of hydrogen-bond donors (Lipinski definition) is 24. The number of fused-ring (bicyclic) bond motifs is 8. The highest BCUT2D eigenvalue weighted by Crippen LogP contribution is 2.18. The molecule has 40 heteroatoms. The molecule has 0 aliphatic carbocycles. The number of amides is 14. The first-order valence-corrected chi connectivity index (χ1v) is 39.4. The van der Waals surface area contributed by atoms with Gasteiger partial charge in [-0.2, -0.15) is 0 Å². The molecule has 2 aromatic rings. The van der Waals surface area contributed by atoms with Gasteiger partial charge in [0.15, 0.2) is 17.9 Å². The molecule has 0 spiro atoms. The number of aliphatic carboxylic acids is 1. The molecule has 0 aromatic heterocycles. The summed E-state index contributed by atoms with van der Waals surface area (Å²) in [7, 11) is 0. The Hall–Kier alpha value is -11.3. The highest BCUT2D eigenvalue weighted by atomic mass is 32.2. The second-order valence-electron chi connectivity index (χ2n) is 29.2. The Morgan fingerprint density at radius 3 is 1.48 bits per heavy atom. The van der Waals surface area contributed by atoms with Gasteiger partial charge in [-0.05, 0) is 86.7 Å². The third-order valence-electron chi connectivity index (χ3n) is 18.9. The standard InChI is InChI=1S/C74H117N23O16S/c1-10-40(7)57-69(111)89-46(26-19-29-82-73(78)79)61(103)91-51(34-55(100)101)66(108)88-47-27-20-30-83-74(80)85-42(9)59(71(113)96-57)97-70(112)58(41(8)11-2)95-67(109)48(31-38(3)4)90-64(106)49(32-43-21-14-12-15-22-43)86-54(99)37-114-36-52(60(102)84-35-53(75)98)93-62(104)45(25-18-28-81-72(76)77)87-65(107)50(33-44-23-16-13-17-24-44)92-68(110)56(39(5)6)94-63(47)105/h12-17,21-24,38-42,45-52,56-59H,10-11,18-20,25-37H2,1-9H3,(H2,75,98)(H,84,102)(H,86,99)(H,87,107)(H,88,108)(H,89,111)(H,90,106)(H,91,103)(H,92,110)(H,93,104)(H,94,105)(H,95,109)(H,96,113)(H,97,112)(H,100,101)(H4,76,77,81)(H4,78,79,82)(H3,80,83,85)/t40-,41-,42?,45-,46-,47-,48-,49-,50-,51-,52-,56-,57-,58-,59-/m0/s1. The number of nitrogens with one attached hydrogen (secondary N) is 20. The maximum absolute atomic E-state index is 15.2. The van der Waals surface area contributed by atoms with E-state index in [4.69, 9.17) is 33.4 Å². The van der Waals surface area contributed by atoms with Crippen LogP contribution in [-0.4, -0.2) is 228 Å². The molecule has 1 unspecified atom stereocenters. The minimum absolute atomic E-state index is 0.00287. The molecule has 2 aliphatic rings. The minimum atomic E-state index is -1.99. The van der Waals surface area contributed by atoms with Crippen molar-refractivity contribution in [3.05, 3.63) is 71.8 Å². The van der Waals surface area contributed by atoms with E-state index in [1.54, 1.807) is 116 Å². The Bertz CT molecular complexity index is 3670. The zero-order chi connectivity index (χ0) is 84.9. The second kappa shape index (κ2) is 48.5. The number of primary amides is 1. The molecule has 114 heavy (non-hydrogen) atoms. The molecule has 2 aromatic carbocycles. The summed E-state index contributed by atoms with van der Waals surface area (Å²) in [5, 5.41) is 79.8. The molecule has 15 atom stereocenters. The van der Waals surface area contributed by atoms with Crippen molar-refractivity contribution in [1.29, 1.82) is 16.2 Å². The fourth-order valence-corrected chi connectivity index (χ4v) is 13.0. The van der Waals surface area contributed by atoms with Gasteiger partial charge in [0.2, 0.25) is 82.7 Å². The fraction of sp³-hybridized carbons (Fsp3) is 0.595. The lowest BCUT2D eigenvalue weighted by molar-refractivity contribution is -0.142. The van der Waals surface area contributed by atoms with E-state index in [1.807, 2.05) is 0 Å². The monoisotopic (exact) mass is 1620 g/mol. The number of carboxylic acids is 1. The largest absolute Gasteiger partial charge is 0.481 e. The highest BCUT2D eigenvalue weighted by Gasteiger charge is 2.41. The van der Waals surface area contributed by atoms with Gasteiger partial charge >= 0.3 is 5.97 Å². The van der Waals surface area contributed by atoms with Crippen molar-refractivity contribution in [2.24, 2.45) is 40.9 Å². The van der Waals surface area contributed by atoms with Gasteiger partial charge in [-0.3, -0.25) is 88.1 Å². The summed E-state index contributed by atoms with van der Waals surface area (Å²) < 4.78 is 0. The molecule has 2 bridgehead atoms. The minimum Gasteiger partial charge on any atom is -0.481 e. The van der Waals surface area contributed by atoms with Crippen molar-refractivity contribution in [2.45, 2.75) is 218 Å². The van der Waals surface area contributed by atoms with Crippen molar-refractivity contribution >= 4 is 118 Å². The van der Waals surface area contributed by atoms with Crippen molar-refractivity contribution < 1.29 is 77.0 Å². The van der Waals surface area contributed by atoms with E-state index in [2.05, 4.69) is 90.4 Å². The van der Waals surface area contributed by atoms with Crippen LogP contribution in [-0.2, 0) is 84.8 Å². The van der Waals surface area contributed by atoms with Crippen molar-refractivity contribution in [2.75, 3.05) is 37.7 Å². The van der Waals surface area contributed by atoms with Crippen LogP contribution < -0.4 is 108 Å². The third kappa shape index (κ3) is 33.5. The molecule has 39 nitrogen and oxygen atoms in total. The molecule has 14 amide bonds. The van der Waals surface area contributed by atoms with Crippen LogP contribution in [0.25, 0.3) is 0 Å². The SMILES string of the molecule is CC[C@H](C)[C@@H]1NC(=O)[C@H](CC(C)C)NC(=O)[C@H](Cc2ccccc2)NC(=O)CSC[C@@H](C(=O)NCC(N)=O)NC(=O)[C@H](CCCNC(=N)N)NC(=O)[C@H](Cc2ccccc2)NC(=O)[C@H](C(C)C)NC(=O)[C@@H]2CCCNC(=N)NC(C)[C@H](NC1=O)C(=O)N[C@@H]([C@@H](C)CC)C(=O)N[C@@H](CCCNC(=N)N)C(=O)N[C@@H](CC(=O)O)C(=O)N2. The summed E-state index contributed by atoms with van der Waals surface area (Å²) >= 11 is 0.809. The van der Waals surface area contributed by atoms with E-state index >= 15 is 9.59 Å². The summed E-state index contributed by atoms with van der Waals surface area (Å²) in [6, 6.07) is -3.52. The summed E-state index contributed by atoms with van der Waals surface area (Å²) in [6.07, 6.45) is -1.95. The first-order chi connectivity index (χ1) is 53.9. The van der Waals surface area contributed by atoms with Crippen molar-refractivity contribution in [3.63, 3.8) is 0 Å². The van der Waals surface area contributed by atoms with E-state index in [0.29, 0.717) is 11.1 Å². The van der Waals surface area contributed by atoms with Crippen LogP contribution in [0.3, 0.4) is 0 Å². The van der Waals surface area contributed by atoms with Gasteiger partial charge in [0.05, 0.1) is 24.8 Å². The molecular formula is C74H117N23O16S. The molecule has 630 valence electrons. The Morgan fingerprint density at radius 2 is 0.974 bits per heavy atom. The smallest absolute Gasteiger partial charge is 0.305 e. The van der Waals surface area contributed by atoms with Gasteiger partial charge in [-0.1, -0.05) is 129 Å². The van der Waals surface area contributed by atoms with Crippen LogP contribution >= 0.6 is 11.8 Å².